The van der Waals surface area contributed by atoms with E-state index in [1.54, 1.807) is 6.07 Å². The Balaban J connectivity index is 0.000000521. The Morgan fingerprint density at radius 2 is 1.95 bits per heavy atom. The number of halogens is 1. The number of anilines is 1. The molecule has 1 atom stereocenters. The zero-order valence-corrected chi connectivity index (χ0v) is 23.0. The molecule has 1 unspecified atom stereocenters. The van der Waals surface area contributed by atoms with Crippen LogP contribution in [0.5, 0.6) is 0 Å². The molecule has 0 saturated carbocycles. The Hall–Kier alpha value is -3.16. The van der Waals surface area contributed by atoms with Crippen LogP contribution in [0.15, 0.2) is 23.3 Å². The van der Waals surface area contributed by atoms with E-state index < -0.39 is 5.92 Å². The molecular weight excluding hydrogens is 471 g/mol. The molecular formula is C28H41FN6O2. The van der Waals surface area contributed by atoms with Crippen LogP contribution in [-0.4, -0.2) is 47.8 Å². The number of ketones is 1. The Labute approximate surface area is 219 Å². The quantitative estimate of drug-likeness (QED) is 0.143. The maximum Gasteiger partial charge on any atom is 0.232 e. The van der Waals surface area contributed by atoms with E-state index in [-0.39, 0.29) is 17.5 Å². The van der Waals surface area contributed by atoms with Crippen molar-refractivity contribution in [1.29, 1.82) is 0 Å². The molecule has 0 saturated heterocycles. The first-order valence-corrected chi connectivity index (χ1v) is 13.2. The van der Waals surface area contributed by atoms with Crippen molar-refractivity contribution in [2.24, 2.45) is 11.0 Å². The predicted octanol–water partition coefficient (Wildman–Crippen LogP) is 6.70. The maximum absolute atomic E-state index is 13.7. The first kappa shape index (κ1) is 30.1. The highest BCUT2D eigenvalue weighted by Gasteiger charge is 2.32. The Morgan fingerprint density at radius 1 is 1.24 bits per heavy atom. The Kier molecular flexibility index (Phi) is 11.8. The number of aromatic amines is 1. The summed E-state index contributed by atoms with van der Waals surface area (Å²) in [6.45, 7) is 15.8. The zero-order valence-electron chi connectivity index (χ0n) is 23.0. The van der Waals surface area contributed by atoms with Crippen LogP contribution in [0, 0.1) is 25.6 Å². The van der Waals surface area contributed by atoms with Crippen LogP contribution in [0.1, 0.15) is 85.7 Å². The third-order valence-electron chi connectivity index (χ3n) is 6.83. The van der Waals surface area contributed by atoms with Gasteiger partial charge < -0.3 is 15.2 Å². The minimum atomic E-state index is -0.455. The molecule has 2 aromatic rings. The highest BCUT2D eigenvalue weighted by atomic mass is 19.1. The second kappa shape index (κ2) is 14.5. The lowest BCUT2D eigenvalue weighted by molar-refractivity contribution is -0.117. The van der Waals surface area contributed by atoms with Crippen molar-refractivity contribution < 1.29 is 14.0 Å². The zero-order chi connectivity index (χ0) is 27.5. The van der Waals surface area contributed by atoms with Crippen LogP contribution in [0.3, 0.4) is 0 Å². The van der Waals surface area contributed by atoms with E-state index in [9.17, 15) is 14.0 Å². The molecule has 8 nitrogen and oxygen atoms in total. The number of H-pyrrole nitrogens is 1. The second-order valence-corrected chi connectivity index (χ2v) is 9.90. The van der Waals surface area contributed by atoms with E-state index in [1.165, 1.54) is 12.1 Å². The smallest absolute Gasteiger partial charge is 0.232 e. The van der Waals surface area contributed by atoms with E-state index >= 15 is 0 Å². The molecule has 2 N–H and O–H groups in total. The number of carbonyl (C=O) groups is 2. The summed E-state index contributed by atoms with van der Waals surface area (Å²) < 4.78 is 13.7. The van der Waals surface area contributed by atoms with Gasteiger partial charge in [0.1, 0.15) is 5.82 Å². The number of nitrogens with zero attached hydrogens (tertiary/aromatic N) is 4. The van der Waals surface area contributed by atoms with Crippen molar-refractivity contribution in [2.45, 2.75) is 73.1 Å². The first-order valence-electron chi connectivity index (χ1n) is 13.2. The molecule has 0 spiro atoms. The van der Waals surface area contributed by atoms with Crippen molar-refractivity contribution in [3.63, 3.8) is 0 Å². The standard InChI is InChI=1S/C23H30FN3O2.C5H11N3/c1-5-27(6-2)11-7-8-21(28)22-14(3)20(25-15(22)4)13-18-17-12-16(24)9-10-19(17)26-23(18)29;1-5(2)3-4-7-8-6/h9-10,12,18,25H,5-8,11,13H2,1-4H3,(H,26,29);5H,3-4H2,1-2H3. The number of carbonyl (C=O) groups excluding carboxylic acids is 2. The van der Waals surface area contributed by atoms with Gasteiger partial charge >= 0.3 is 0 Å². The number of azide groups is 1. The summed E-state index contributed by atoms with van der Waals surface area (Å²) >= 11 is 0. The number of benzene rings is 1. The van der Waals surface area contributed by atoms with Gasteiger partial charge in [-0.05, 0) is 87.1 Å². The average molecular weight is 513 g/mol. The van der Waals surface area contributed by atoms with Gasteiger partial charge in [-0.1, -0.05) is 32.8 Å². The molecule has 1 aliphatic heterocycles. The fourth-order valence-electron chi connectivity index (χ4n) is 4.63. The molecule has 37 heavy (non-hydrogen) atoms. The lowest BCUT2D eigenvalue weighted by Crippen LogP contribution is -2.24. The fourth-order valence-corrected chi connectivity index (χ4v) is 4.63. The molecule has 1 aromatic heterocycles. The lowest BCUT2D eigenvalue weighted by Gasteiger charge is -2.17. The molecule has 0 bridgehead atoms. The van der Waals surface area contributed by atoms with Crippen molar-refractivity contribution in [3.8, 4) is 0 Å². The Morgan fingerprint density at radius 3 is 2.57 bits per heavy atom. The van der Waals surface area contributed by atoms with Gasteiger partial charge in [-0.15, -0.1) is 0 Å². The summed E-state index contributed by atoms with van der Waals surface area (Å²) in [5, 5.41) is 6.21. The van der Waals surface area contributed by atoms with Crippen LogP contribution in [0.4, 0.5) is 10.1 Å². The fraction of sp³-hybridized carbons (Fsp3) is 0.571. The van der Waals surface area contributed by atoms with Gasteiger partial charge in [0.25, 0.3) is 0 Å². The maximum atomic E-state index is 13.7. The molecule has 1 amide bonds. The molecule has 0 fully saturated rings. The van der Waals surface area contributed by atoms with Gasteiger partial charge in [0, 0.05) is 46.9 Å². The number of Topliss-reactive ketones (excluding diaryl/α,β-unsaturated/α-hetero) is 1. The van der Waals surface area contributed by atoms with Gasteiger partial charge in [-0.2, -0.15) is 0 Å². The summed E-state index contributed by atoms with van der Waals surface area (Å²) in [5.74, 6) is -0.168. The first-order chi connectivity index (χ1) is 17.6. The third kappa shape index (κ3) is 8.44. The van der Waals surface area contributed by atoms with Crippen molar-refractivity contribution in [3.05, 3.63) is 62.5 Å². The molecule has 0 aliphatic carbocycles. The average Bonchev–Trinajstić information content (AvgIpc) is 3.31. The SMILES string of the molecule is CC(C)CCN=[N+]=[N-].CCN(CC)CCCC(=O)c1c(C)[nH]c(CC2C(=O)Nc3ccc(F)cc32)c1C. The summed E-state index contributed by atoms with van der Waals surface area (Å²) in [6.07, 6.45) is 2.75. The van der Waals surface area contributed by atoms with E-state index in [0.29, 0.717) is 36.6 Å². The number of hydrogen-bond acceptors (Lipinski definition) is 4. The highest BCUT2D eigenvalue weighted by Crippen LogP contribution is 2.36. The van der Waals surface area contributed by atoms with Gasteiger partial charge in [-0.3, -0.25) is 9.59 Å². The molecule has 2 heterocycles. The minimum absolute atomic E-state index is 0.135. The topological polar surface area (TPSA) is 114 Å². The van der Waals surface area contributed by atoms with Gasteiger partial charge in [0.05, 0.1) is 5.92 Å². The van der Waals surface area contributed by atoms with E-state index in [1.807, 2.05) is 13.8 Å². The van der Waals surface area contributed by atoms with Gasteiger partial charge in [0.15, 0.2) is 5.78 Å². The van der Waals surface area contributed by atoms with Crippen LogP contribution in [0.2, 0.25) is 0 Å². The molecule has 9 heteroatoms. The molecule has 202 valence electrons. The number of aromatic nitrogens is 1. The Bertz CT molecular complexity index is 1120. The summed E-state index contributed by atoms with van der Waals surface area (Å²) in [5.41, 5.74) is 12.5. The highest BCUT2D eigenvalue weighted by molar-refractivity contribution is 6.03. The van der Waals surface area contributed by atoms with Crippen LogP contribution in [-0.2, 0) is 11.2 Å². The monoisotopic (exact) mass is 512 g/mol. The number of aryl methyl sites for hydroxylation is 1. The van der Waals surface area contributed by atoms with Crippen molar-refractivity contribution in [2.75, 3.05) is 31.5 Å². The molecule has 3 rings (SSSR count). The van der Waals surface area contributed by atoms with Crippen LogP contribution >= 0.6 is 0 Å². The summed E-state index contributed by atoms with van der Waals surface area (Å²) in [6, 6.07) is 4.36. The predicted molar refractivity (Wildman–Crippen MR) is 147 cm³/mol. The van der Waals surface area contributed by atoms with Crippen LogP contribution < -0.4 is 5.32 Å². The summed E-state index contributed by atoms with van der Waals surface area (Å²) in [4.78, 5) is 33.5. The number of rotatable bonds is 12. The van der Waals surface area contributed by atoms with Crippen LogP contribution in [0.25, 0.3) is 10.4 Å². The van der Waals surface area contributed by atoms with Gasteiger partial charge in [0.2, 0.25) is 5.91 Å². The van der Waals surface area contributed by atoms with Gasteiger partial charge in [-0.25, -0.2) is 4.39 Å². The lowest BCUT2D eigenvalue weighted by atomic mass is 9.93. The van der Waals surface area contributed by atoms with E-state index in [0.717, 1.165) is 55.0 Å². The van der Waals surface area contributed by atoms with Crippen molar-refractivity contribution >= 4 is 17.4 Å². The summed E-state index contributed by atoms with van der Waals surface area (Å²) in [7, 11) is 0. The van der Waals surface area contributed by atoms with E-state index in [2.05, 4.69) is 52.9 Å². The van der Waals surface area contributed by atoms with E-state index in [4.69, 9.17) is 5.53 Å². The number of hydrogen-bond donors (Lipinski definition) is 2. The molecule has 1 aromatic carbocycles. The normalized spacial score (nSPS) is 14.2. The molecule has 1 aliphatic rings. The number of nitrogens with one attached hydrogen (secondary N) is 2. The third-order valence-corrected chi connectivity index (χ3v) is 6.83. The number of amides is 1. The molecule has 0 radical (unpaired) electrons. The number of fused-ring (bicyclic) bond motifs is 1. The minimum Gasteiger partial charge on any atom is -0.362 e. The largest absolute Gasteiger partial charge is 0.362 e. The second-order valence-electron chi connectivity index (χ2n) is 9.90. The van der Waals surface area contributed by atoms with Crippen molar-refractivity contribution in [1.82, 2.24) is 9.88 Å².